The first kappa shape index (κ1) is 31.7. The topological polar surface area (TPSA) is 144 Å². The van der Waals surface area contributed by atoms with E-state index < -0.39 is 11.9 Å². The number of fused-ring (bicyclic) bond motifs is 2. The number of amides is 4. The number of carbonyl (C=O) groups is 4. The molecule has 0 radical (unpaired) electrons. The smallest absolute Gasteiger partial charge is 0.258 e. The monoisotopic (exact) mass is 670 g/mol. The normalized spacial score (nSPS) is 22.1. The van der Waals surface area contributed by atoms with Crippen molar-refractivity contribution >= 4 is 46.2 Å². The Morgan fingerprint density at radius 1 is 1.02 bits per heavy atom. The number of nitrogens with zero attached hydrogens (tertiary/aromatic N) is 5. The Bertz CT molecular complexity index is 2080. The van der Waals surface area contributed by atoms with Gasteiger partial charge < -0.3 is 20.1 Å². The Morgan fingerprint density at radius 3 is 2.72 bits per heavy atom. The SMILES string of the molecule is CN1CCC[C@@H]1c1cc2cnc(NC(=O)c3ccc(N4CC[C@H](CC#Cc5cccc6c5CN(C5CCC(=O)NC5=O)C6=O)C4)nc3)cc2[nH]1. The number of rotatable bonds is 6. The lowest BCUT2D eigenvalue weighted by Gasteiger charge is -2.29. The number of likely N-dealkylation sites (tertiary alicyclic amines) is 1. The van der Waals surface area contributed by atoms with Crippen LogP contribution in [0.4, 0.5) is 11.6 Å². The maximum Gasteiger partial charge on any atom is 0.258 e. The molecule has 12 nitrogen and oxygen atoms in total. The third kappa shape index (κ3) is 6.09. The molecule has 12 heteroatoms. The first-order chi connectivity index (χ1) is 24.3. The van der Waals surface area contributed by atoms with Crippen molar-refractivity contribution in [3.8, 4) is 11.8 Å². The molecule has 1 unspecified atom stereocenters. The number of hydrogen-bond acceptors (Lipinski definition) is 8. The predicted molar refractivity (Wildman–Crippen MR) is 187 cm³/mol. The van der Waals surface area contributed by atoms with Crippen LogP contribution in [0.1, 0.15) is 82.1 Å². The number of carbonyl (C=O) groups excluding carboxylic acids is 4. The zero-order valence-electron chi connectivity index (χ0n) is 27.9. The van der Waals surface area contributed by atoms with E-state index in [4.69, 9.17) is 0 Å². The zero-order chi connectivity index (χ0) is 34.4. The van der Waals surface area contributed by atoms with Crippen molar-refractivity contribution in [2.24, 2.45) is 5.92 Å². The molecule has 4 aromatic rings. The number of anilines is 2. The van der Waals surface area contributed by atoms with Crippen LogP contribution in [-0.4, -0.2) is 81.1 Å². The maximum atomic E-state index is 13.1. The van der Waals surface area contributed by atoms with Crippen molar-refractivity contribution in [2.75, 3.05) is 36.9 Å². The molecule has 3 N–H and O–H groups in total. The molecule has 3 atom stereocenters. The molecule has 0 bridgehead atoms. The molecule has 0 saturated carbocycles. The van der Waals surface area contributed by atoms with Gasteiger partial charge in [0.1, 0.15) is 17.7 Å². The first-order valence-corrected chi connectivity index (χ1v) is 17.3. The standard InChI is InChI=1S/C38H38N8O4/c1-44-15-4-9-31(44)30-17-26-20-39-33(18-29(26)41-30)42-36(48)25-10-12-34(40-19-25)45-16-14-23(21-45)5-2-6-24-7-3-8-27-28(24)22-46(38(27)50)32-11-13-35(47)43-37(32)49/h3,7-8,10,12,17-20,23,31-32,41H,4-5,9,11,13-16,21-22H2,1H3,(H,39,42,48)(H,43,47,49)/t23-,31+,32?/m0/s1. The quantitative estimate of drug-likeness (QED) is 0.206. The number of pyridine rings is 2. The molecule has 3 fully saturated rings. The summed E-state index contributed by atoms with van der Waals surface area (Å²) in [4.78, 5) is 68.9. The number of H-pyrrole nitrogens is 1. The van der Waals surface area contributed by atoms with Crippen molar-refractivity contribution < 1.29 is 19.2 Å². The minimum atomic E-state index is -0.649. The second kappa shape index (κ2) is 13.1. The van der Waals surface area contributed by atoms with Crippen molar-refractivity contribution in [1.29, 1.82) is 0 Å². The highest BCUT2D eigenvalue weighted by Crippen LogP contribution is 2.33. The Balaban J connectivity index is 0.861. The van der Waals surface area contributed by atoms with Gasteiger partial charge in [-0.15, -0.1) is 0 Å². The van der Waals surface area contributed by atoms with Crippen LogP contribution in [0.15, 0.2) is 54.9 Å². The van der Waals surface area contributed by atoms with E-state index in [2.05, 4.69) is 60.3 Å². The van der Waals surface area contributed by atoms with Crippen LogP contribution in [0.3, 0.4) is 0 Å². The molecular weight excluding hydrogens is 632 g/mol. The van der Waals surface area contributed by atoms with Crippen LogP contribution >= 0.6 is 0 Å². The molecule has 1 aromatic carbocycles. The number of piperidine rings is 1. The molecule has 0 aliphatic carbocycles. The minimum absolute atomic E-state index is 0.198. The van der Waals surface area contributed by atoms with Gasteiger partial charge in [0.25, 0.3) is 11.8 Å². The molecule has 3 saturated heterocycles. The predicted octanol–water partition coefficient (Wildman–Crippen LogP) is 4.01. The Labute approximate surface area is 289 Å². The fourth-order valence-corrected chi connectivity index (χ4v) is 7.70. The second-order valence-corrected chi connectivity index (χ2v) is 13.7. The molecule has 0 spiro atoms. The van der Waals surface area contributed by atoms with Crippen molar-refractivity contribution in [2.45, 2.75) is 57.2 Å². The number of imide groups is 1. The lowest BCUT2D eigenvalue weighted by Crippen LogP contribution is -2.52. The fraction of sp³-hybridized carbons (Fsp3) is 0.368. The number of benzene rings is 1. The number of aromatic nitrogens is 3. The summed E-state index contributed by atoms with van der Waals surface area (Å²) in [6.07, 6.45) is 7.94. The molecule has 7 heterocycles. The van der Waals surface area contributed by atoms with Gasteiger partial charge >= 0.3 is 0 Å². The van der Waals surface area contributed by atoms with Crippen molar-refractivity contribution in [1.82, 2.24) is 30.1 Å². The Hall–Kier alpha value is -5.54. The molecular formula is C38H38N8O4. The van der Waals surface area contributed by atoms with Crippen LogP contribution in [0, 0.1) is 17.8 Å². The summed E-state index contributed by atoms with van der Waals surface area (Å²) in [6, 6.07) is 12.9. The van der Waals surface area contributed by atoms with Gasteiger partial charge in [0.15, 0.2) is 0 Å². The highest BCUT2D eigenvalue weighted by atomic mass is 16.2. The van der Waals surface area contributed by atoms with Crippen LogP contribution in [0.25, 0.3) is 10.9 Å². The largest absolute Gasteiger partial charge is 0.357 e. The average molecular weight is 671 g/mol. The number of hydrogen-bond donors (Lipinski definition) is 3. The van der Waals surface area contributed by atoms with Gasteiger partial charge in [-0.05, 0) is 81.1 Å². The fourth-order valence-electron chi connectivity index (χ4n) is 7.70. The van der Waals surface area contributed by atoms with E-state index in [0.717, 1.165) is 60.3 Å². The molecule has 254 valence electrons. The Morgan fingerprint density at radius 2 is 1.92 bits per heavy atom. The minimum Gasteiger partial charge on any atom is -0.357 e. The Kier molecular flexibility index (Phi) is 8.28. The molecule has 4 amide bonds. The average Bonchev–Trinajstić information content (AvgIpc) is 3.92. The van der Waals surface area contributed by atoms with Gasteiger partial charge in [-0.2, -0.15) is 0 Å². The van der Waals surface area contributed by atoms with Crippen molar-refractivity contribution in [3.63, 3.8) is 0 Å². The summed E-state index contributed by atoms with van der Waals surface area (Å²) in [7, 11) is 2.15. The first-order valence-electron chi connectivity index (χ1n) is 17.3. The molecule has 3 aromatic heterocycles. The van der Waals surface area contributed by atoms with Gasteiger partial charge in [0.05, 0.1) is 11.1 Å². The van der Waals surface area contributed by atoms with E-state index >= 15 is 0 Å². The summed E-state index contributed by atoms with van der Waals surface area (Å²) in [5.41, 5.74) is 4.78. The van der Waals surface area contributed by atoms with E-state index in [0.29, 0.717) is 48.3 Å². The highest BCUT2D eigenvalue weighted by molar-refractivity contribution is 6.06. The van der Waals surface area contributed by atoms with Crippen molar-refractivity contribution in [3.05, 3.63) is 82.8 Å². The van der Waals surface area contributed by atoms with Crippen LogP contribution in [0.2, 0.25) is 0 Å². The van der Waals surface area contributed by atoms with Gasteiger partial charge in [-0.3, -0.25) is 29.4 Å². The van der Waals surface area contributed by atoms with Crippen LogP contribution in [0.5, 0.6) is 0 Å². The van der Waals surface area contributed by atoms with Gasteiger partial charge in [-0.1, -0.05) is 17.9 Å². The van der Waals surface area contributed by atoms with Gasteiger partial charge in [-0.25, -0.2) is 9.97 Å². The lowest BCUT2D eigenvalue weighted by molar-refractivity contribution is -0.136. The summed E-state index contributed by atoms with van der Waals surface area (Å²) < 4.78 is 0. The second-order valence-electron chi connectivity index (χ2n) is 13.7. The molecule has 4 aliphatic rings. The number of nitrogens with one attached hydrogen (secondary N) is 3. The van der Waals surface area contributed by atoms with Crippen LogP contribution in [-0.2, 0) is 16.1 Å². The zero-order valence-corrected chi connectivity index (χ0v) is 27.9. The van der Waals surface area contributed by atoms with E-state index in [1.165, 1.54) is 12.1 Å². The van der Waals surface area contributed by atoms with Crippen LogP contribution < -0.4 is 15.5 Å². The molecule has 50 heavy (non-hydrogen) atoms. The van der Waals surface area contributed by atoms with E-state index in [9.17, 15) is 19.2 Å². The third-order valence-electron chi connectivity index (χ3n) is 10.5. The summed E-state index contributed by atoms with van der Waals surface area (Å²) >= 11 is 0. The highest BCUT2D eigenvalue weighted by Gasteiger charge is 2.39. The summed E-state index contributed by atoms with van der Waals surface area (Å²) in [5, 5.41) is 6.28. The number of aromatic amines is 1. The van der Waals surface area contributed by atoms with Gasteiger partial charge in [0, 0.05) is 79.2 Å². The molecule has 8 rings (SSSR count). The summed E-state index contributed by atoms with van der Waals surface area (Å²) in [5.74, 6) is 7.10. The van der Waals surface area contributed by atoms with E-state index in [1.54, 1.807) is 29.4 Å². The van der Waals surface area contributed by atoms with Gasteiger partial charge in [0.2, 0.25) is 11.8 Å². The maximum absolute atomic E-state index is 13.1. The van der Waals surface area contributed by atoms with E-state index in [-0.39, 0.29) is 24.1 Å². The third-order valence-corrected chi connectivity index (χ3v) is 10.5. The van der Waals surface area contributed by atoms with E-state index in [1.807, 2.05) is 24.3 Å². The summed E-state index contributed by atoms with van der Waals surface area (Å²) in [6.45, 7) is 3.05. The molecule has 4 aliphatic heterocycles. The lowest BCUT2D eigenvalue weighted by atomic mass is 10.0.